The van der Waals surface area contributed by atoms with E-state index >= 15 is 0 Å². The Balaban J connectivity index is 1.96. The summed E-state index contributed by atoms with van der Waals surface area (Å²) in [5.41, 5.74) is 0.379. The lowest BCUT2D eigenvalue weighted by Gasteiger charge is -2.20. The molecule has 1 fully saturated rings. The zero-order chi connectivity index (χ0) is 17.5. The molecule has 0 N–H and O–H groups in total. The predicted octanol–water partition coefficient (Wildman–Crippen LogP) is 5.28. The molecule has 0 saturated heterocycles. The number of hydrogen-bond donors (Lipinski definition) is 0. The molecule has 0 aliphatic heterocycles. The molecule has 7 heteroatoms. The van der Waals surface area contributed by atoms with E-state index in [9.17, 15) is 26.3 Å². The molecular weight excluding hydrogens is 334 g/mol. The Morgan fingerprint density at radius 2 is 1.50 bits per heavy atom. The SMILES string of the molecule is Fc1ccc(C2(c3cc(F)cc(OC(F)(F)C(F)F)c3)CC2)cc1. The molecule has 2 aromatic carbocycles. The Kier molecular flexibility index (Phi) is 3.97. The van der Waals surface area contributed by atoms with E-state index in [4.69, 9.17) is 0 Å². The summed E-state index contributed by atoms with van der Waals surface area (Å²) in [6.07, 6.45) is -7.53. The summed E-state index contributed by atoms with van der Waals surface area (Å²) in [5.74, 6) is -1.99. The van der Waals surface area contributed by atoms with Gasteiger partial charge in [0.25, 0.3) is 0 Å². The lowest BCUT2D eigenvalue weighted by atomic mass is 9.88. The molecule has 0 radical (unpaired) electrons. The smallest absolute Gasteiger partial charge is 0.428 e. The Bertz CT molecular complexity index is 737. The Morgan fingerprint density at radius 3 is 2.04 bits per heavy atom. The first-order valence-electron chi connectivity index (χ1n) is 7.15. The van der Waals surface area contributed by atoms with E-state index in [-0.39, 0.29) is 0 Å². The van der Waals surface area contributed by atoms with Gasteiger partial charge in [-0.2, -0.15) is 17.6 Å². The highest BCUT2D eigenvalue weighted by Gasteiger charge is 2.47. The third-order valence-corrected chi connectivity index (χ3v) is 4.08. The van der Waals surface area contributed by atoms with Crippen molar-refractivity contribution in [2.24, 2.45) is 0 Å². The van der Waals surface area contributed by atoms with Crippen LogP contribution in [0.15, 0.2) is 42.5 Å². The van der Waals surface area contributed by atoms with Crippen molar-refractivity contribution < 1.29 is 31.1 Å². The van der Waals surface area contributed by atoms with E-state index in [1.807, 2.05) is 0 Å². The van der Waals surface area contributed by atoms with E-state index < -0.39 is 35.3 Å². The van der Waals surface area contributed by atoms with E-state index in [0.717, 1.165) is 12.1 Å². The maximum absolute atomic E-state index is 13.8. The second-order valence-electron chi connectivity index (χ2n) is 5.73. The minimum Gasteiger partial charge on any atom is -0.428 e. The maximum Gasteiger partial charge on any atom is 0.461 e. The average Bonchev–Trinajstić information content (AvgIpc) is 3.28. The van der Waals surface area contributed by atoms with Crippen LogP contribution in [0.5, 0.6) is 5.75 Å². The van der Waals surface area contributed by atoms with Gasteiger partial charge < -0.3 is 4.74 Å². The van der Waals surface area contributed by atoms with Crippen LogP contribution in [0, 0.1) is 11.6 Å². The molecule has 2 aromatic rings. The fourth-order valence-electron chi connectivity index (χ4n) is 2.74. The summed E-state index contributed by atoms with van der Waals surface area (Å²) in [4.78, 5) is 0. The number of halogens is 6. The Hall–Kier alpha value is -2.18. The molecule has 0 heterocycles. The first-order chi connectivity index (χ1) is 11.2. The molecule has 0 spiro atoms. The second-order valence-corrected chi connectivity index (χ2v) is 5.73. The number of rotatable bonds is 5. The lowest BCUT2D eigenvalue weighted by molar-refractivity contribution is -0.253. The minimum absolute atomic E-state index is 0.328. The van der Waals surface area contributed by atoms with Gasteiger partial charge in [-0.15, -0.1) is 0 Å². The molecule has 1 aliphatic carbocycles. The van der Waals surface area contributed by atoms with Crippen LogP contribution in [0.3, 0.4) is 0 Å². The van der Waals surface area contributed by atoms with Crippen molar-refractivity contribution in [1.29, 1.82) is 0 Å². The van der Waals surface area contributed by atoms with Crippen molar-refractivity contribution in [3.05, 3.63) is 65.2 Å². The zero-order valence-electron chi connectivity index (χ0n) is 12.2. The first-order valence-corrected chi connectivity index (χ1v) is 7.15. The van der Waals surface area contributed by atoms with Crippen molar-refractivity contribution in [1.82, 2.24) is 0 Å². The van der Waals surface area contributed by atoms with Gasteiger partial charge in [-0.1, -0.05) is 12.1 Å². The van der Waals surface area contributed by atoms with E-state index in [1.165, 1.54) is 24.3 Å². The summed E-state index contributed by atoms with van der Waals surface area (Å²) >= 11 is 0. The van der Waals surface area contributed by atoms with Gasteiger partial charge in [0.15, 0.2) is 0 Å². The summed E-state index contributed by atoms with van der Waals surface area (Å²) in [7, 11) is 0. The highest BCUT2D eigenvalue weighted by molar-refractivity contribution is 5.47. The van der Waals surface area contributed by atoms with Gasteiger partial charge in [0.2, 0.25) is 0 Å². The van der Waals surface area contributed by atoms with Crippen LogP contribution < -0.4 is 4.74 Å². The molecule has 0 aromatic heterocycles. The van der Waals surface area contributed by atoms with Crippen molar-refractivity contribution in [3.8, 4) is 5.75 Å². The molecule has 3 rings (SSSR count). The van der Waals surface area contributed by atoms with Crippen molar-refractivity contribution in [3.63, 3.8) is 0 Å². The van der Waals surface area contributed by atoms with Gasteiger partial charge in [0.05, 0.1) is 0 Å². The van der Waals surface area contributed by atoms with E-state index in [2.05, 4.69) is 4.74 Å². The summed E-state index contributed by atoms with van der Waals surface area (Å²) in [6, 6.07) is 8.44. The quantitative estimate of drug-likeness (QED) is 0.669. The van der Waals surface area contributed by atoms with Crippen LogP contribution in [0.1, 0.15) is 24.0 Å². The van der Waals surface area contributed by atoms with Gasteiger partial charge in [-0.25, -0.2) is 8.78 Å². The molecular formula is C17H12F6O. The maximum atomic E-state index is 13.8. The topological polar surface area (TPSA) is 9.23 Å². The van der Waals surface area contributed by atoms with Crippen LogP contribution in [0.25, 0.3) is 0 Å². The van der Waals surface area contributed by atoms with Gasteiger partial charge >= 0.3 is 12.5 Å². The third-order valence-electron chi connectivity index (χ3n) is 4.08. The van der Waals surface area contributed by atoms with Crippen molar-refractivity contribution >= 4 is 0 Å². The van der Waals surface area contributed by atoms with Gasteiger partial charge in [-0.05, 0) is 48.2 Å². The summed E-state index contributed by atoms with van der Waals surface area (Å²) in [5, 5.41) is 0. The molecule has 1 saturated carbocycles. The predicted molar refractivity (Wildman–Crippen MR) is 74.4 cm³/mol. The number of benzene rings is 2. The van der Waals surface area contributed by atoms with Crippen LogP contribution in [0.4, 0.5) is 26.3 Å². The highest BCUT2D eigenvalue weighted by Crippen LogP contribution is 2.54. The molecule has 0 atom stereocenters. The minimum atomic E-state index is -4.71. The normalized spacial score (nSPS) is 16.3. The van der Waals surface area contributed by atoms with Gasteiger partial charge in [-0.3, -0.25) is 0 Å². The molecule has 1 nitrogen and oxygen atoms in total. The highest BCUT2D eigenvalue weighted by atomic mass is 19.3. The summed E-state index contributed by atoms with van der Waals surface area (Å²) in [6.45, 7) is 0. The molecule has 1 aliphatic rings. The molecule has 24 heavy (non-hydrogen) atoms. The summed E-state index contributed by atoms with van der Waals surface area (Å²) < 4.78 is 81.4. The second kappa shape index (κ2) is 5.72. The fraction of sp³-hybridized carbons (Fsp3) is 0.294. The standard InChI is InChI=1S/C17H12F6O/c18-12-3-1-10(2-4-12)16(5-6-16)11-7-13(19)9-14(8-11)24-17(22,23)15(20)21/h1-4,7-9,15H,5-6H2. The van der Waals surface area contributed by atoms with Crippen molar-refractivity contribution in [2.75, 3.05) is 0 Å². The van der Waals surface area contributed by atoms with Gasteiger partial charge in [0.1, 0.15) is 17.4 Å². The Morgan fingerprint density at radius 1 is 0.875 bits per heavy atom. The Labute approximate surface area is 133 Å². The van der Waals surface area contributed by atoms with Crippen molar-refractivity contribution in [2.45, 2.75) is 30.8 Å². The van der Waals surface area contributed by atoms with Gasteiger partial charge in [0, 0.05) is 11.5 Å². The molecule has 0 unspecified atom stereocenters. The average molecular weight is 346 g/mol. The van der Waals surface area contributed by atoms with Crippen LogP contribution >= 0.6 is 0 Å². The zero-order valence-corrected chi connectivity index (χ0v) is 12.2. The lowest BCUT2D eigenvalue weighted by Crippen LogP contribution is -2.33. The number of alkyl halides is 4. The number of ether oxygens (including phenoxy) is 1. The largest absolute Gasteiger partial charge is 0.461 e. The van der Waals surface area contributed by atoms with Crippen LogP contribution in [0.2, 0.25) is 0 Å². The monoisotopic (exact) mass is 346 g/mol. The molecule has 0 bridgehead atoms. The van der Waals surface area contributed by atoms with Crippen LogP contribution in [-0.4, -0.2) is 12.5 Å². The first kappa shape index (κ1) is 16.7. The molecule has 128 valence electrons. The number of hydrogen-bond acceptors (Lipinski definition) is 1. The van der Waals surface area contributed by atoms with Crippen LogP contribution in [-0.2, 0) is 5.41 Å². The van der Waals surface area contributed by atoms with E-state index in [0.29, 0.717) is 30.0 Å². The third kappa shape index (κ3) is 3.07. The molecule has 0 amide bonds. The van der Waals surface area contributed by atoms with E-state index in [1.54, 1.807) is 0 Å². The fourth-order valence-corrected chi connectivity index (χ4v) is 2.74.